The Morgan fingerprint density at radius 2 is 1.84 bits per heavy atom. The number of likely N-dealkylation sites (N-methyl/N-ethyl adjacent to an activating group) is 1. The Balaban J connectivity index is 2.47. The molecule has 0 N–H and O–H groups in total. The average Bonchev–Trinajstić information content (AvgIpc) is 2.62. The van der Waals surface area contributed by atoms with Crippen molar-refractivity contribution in [3.05, 3.63) is 42.0 Å². The molecule has 1 unspecified atom stereocenters. The summed E-state index contributed by atoms with van der Waals surface area (Å²) in [4.78, 5) is 26.1. The van der Waals surface area contributed by atoms with Gasteiger partial charge in [0, 0.05) is 18.3 Å². The molecule has 3 rings (SSSR count). The highest BCUT2D eigenvalue weighted by atomic mass is 16.2. The van der Waals surface area contributed by atoms with E-state index in [1.807, 2.05) is 36.4 Å². The van der Waals surface area contributed by atoms with Crippen LogP contribution in [0.3, 0.4) is 0 Å². The van der Waals surface area contributed by atoms with Crippen molar-refractivity contribution in [2.24, 2.45) is 0 Å². The van der Waals surface area contributed by atoms with Crippen LogP contribution in [0, 0.1) is 0 Å². The van der Waals surface area contributed by atoms with Crippen molar-refractivity contribution in [3.8, 4) is 0 Å². The molecule has 96 valence electrons. The summed E-state index contributed by atoms with van der Waals surface area (Å²) < 4.78 is 0. The van der Waals surface area contributed by atoms with E-state index in [0.717, 1.165) is 22.0 Å². The van der Waals surface area contributed by atoms with Gasteiger partial charge in [0.05, 0.1) is 0 Å². The molecule has 3 heteroatoms. The molecule has 0 fully saturated rings. The second kappa shape index (κ2) is 3.67. The van der Waals surface area contributed by atoms with Crippen molar-refractivity contribution in [1.82, 2.24) is 0 Å². The van der Waals surface area contributed by atoms with E-state index in [4.69, 9.17) is 0 Å². The van der Waals surface area contributed by atoms with Gasteiger partial charge >= 0.3 is 0 Å². The molecule has 0 saturated carbocycles. The van der Waals surface area contributed by atoms with E-state index in [0.29, 0.717) is 0 Å². The maximum absolute atomic E-state index is 12.5. The SMILES string of the molecule is CC(=O)C1(C)C(=O)N(C)c2ccc3ccccc3c21. The molecular weight excluding hydrogens is 238 g/mol. The van der Waals surface area contributed by atoms with Crippen LogP contribution in [0.25, 0.3) is 10.8 Å². The summed E-state index contributed by atoms with van der Waals surface area (Å²) in [5, 5.41) is 2.03. The van der Waals surface area contributed by atoms with Gasteiger partial charge in [-0.15, -0.1) is 0 Å². The number of amides is 1. The Morgan fingerprint density at radius 1 is 1.16 bits per heavy atom. The number of carbonyl (C=O) groups excluding carboxylic acids is 2. The van der Waals surface area contributed by atoms with E-state index in [9.17, 15) is 9.59 Å². The van der Waals surface area contributed by atoms with E-state index in [1.165, 1.54) is 6.92 Å². The third kappa shape index (κ3) is 1.33. The molecule has 1 heterocycles. The molecular formula is C16H15NO2. The quantitative estimate of drug-likeness (QED) is 0.733. The average molecular weight is 253 g/mol. The van der Waals surface area contributed by atoms with Crippen LogP contribution in [0.5, 0.6) is 0 Å². The first-order valence-electron chi connectivity index (χ1n) is 6.29. The first-order valence-corrected chi connectivity index (χ1v) is 6.29. The lowest BCUT2D eigenvalue weighted by molar-refractivity contribution is -0.131. The summed E-state index contributed by atoms with van der Waals surface area (Å²) in [6, 6.07) is 11.8. The molecule has 0 bridgehead atoms. The van der Waals surface area contributed by atoms with E-state index >= 15 is 0 Å². The minimum absolute atomic E-state index is 0.112. The molecule has 1 atom stereocenters. The molecule has 0 aromatic heterocycles. The summed E-state index contributed by atoms with van der Waals surface area (Å²) in [6.07, 6.45) is 0. The van der Waals surface area contributed by atoms with E-state index in [2.05, 4.69) is 0 Å². The van der Waals surface area contributed by atoms with Crippen LogP contribution >= 0.6 is 0 Å². The normalized spacial score (nSPS) is 21.8. The van der Waals surface area contributed by atoms with Gasteiger partial charge in [-0.05, 0) is 30.7 Å². The monoisotopic (exact) mass is 253 g/mol. The number of rotatable bonds is 1. The molecule has 0 radical (unpaired) electrons. The number of hydrogen-bond acceptors (Lipinski definition) is 2. The van der Waals surface area contributed by atoms with Gasteiger partial charge in [0.2, 0.25) is 5.91 Å². The Morgan fingerprint density at radius 3 is 2.53 bits per heavy atom. The largest absolute Gasteiger partial charge is 0.314 e. The first-order chi connectivity index (χ1) is 8.98. The van der Waals surface area contributed by atoms with E-state index in [1.54, 1.807) is 18.9 Å². The maximum Gasteiger partial charge on any atom is 0.244 e. The van der Waals surface area contributed by atoms with Crippen molar-refractivity contribution < 1.29 is 9.59 Å². The van der Waals surface area contributed by atoms with Gasteiger partial charge in [0.25, 0.3) is 0 Å². The van der Waals surface area contributed by atoms with Crippen LogP contribution in [0.4, 0.5) is 5.69 Å². The van der Waals surface area contributed by atoms with Gasteiger partial charge in [-0.3, -0.25) is 9.59 Å². The number of carbonyl (C=O) groups is 2. The molecule has 1 aliphatic heterocycles. The molecule has 1 aliphatic rings. The van der Waals surface area contributed by atoms with Crippen molar-refractivity contribution in [2.45, 2.75) is 19.3 Å². The van der Waals surface area contributed by atoms with Crippen molar-refractivity contribution >= 4 is 28.2 Å². The maximum atomic E-state index is 12.5. The third-order valence-electron chi connectivity index (χ3n) is 4.20. The number of anilines is 1. The van der Waals surface area contributed by atoms with Gasteiger partial charge in [-0.1, -0.05) is 30.3 Å². The minimum Gasteiger partial charge on any atom is -0.314 e. The number of nitrogens with zero attached hydrogens (tertiary/aromatic N) is 1. The fourth-order valence-electron chi connectivity index (χ4n) is 2.94. The molecule has 0 saturated heterocycles. The van der Waals surface area contributed by atoms with Gasteiger partial charge in [-0.2, -0.15) is 0 Å². The van der Waals surface area contributed by atoms with Crippen LogP contribution in [-0.4, -0.2) is 18.7 Å². The molecule has 19 heavy (non-hydrogen) atoms. The fourth-order valence-corrected chi connectivity index (χ4v) is 2.94. The zero-order valence-corrected chi connectivity index (χ0v) is 11.2. The van der Waals surface area contributed by atoms with Crippen molar-refractivity contribution in [2.75, 3.05) is 11.9 Å². The van der Waals surface area contributed by atoms with Gasteiger partial charge < -0.3 is 4.90 Å². The second-order valence-electron chi connectivity index (χ2n) is 5.23. The molecule has 0 spiro atoms. The van der Waals surface area contributed by atoms with Gasteiger partial charge in [-0.25, -0.2) is 0 Å². The predicted molar refractivity (Wildman–Crippen MR) is 75.4 cm³/mol. The zero-order valence-electron chi connectivity index (χ0n) is 11.2. The van der Waals surface area contributed by atoms with Crippen LogP contribution in [0.15, 0.2) is 36.4 Å². The molecule has 2 aromatic carbocycles. The number of benzene rings is 2. The van der Waals surface area contributed by atoms with E-state index in [-0.39, 0.29) is 11.7 Å². The highest BCUT2D eigenvalue weighted by Crippen LogP contribution is 2.45. The summed E-state index contributed by atoms with van der Waals surface area (Å²) in [6.45, 7) is 3.22. The number of hydrogen-bond donors (Lipinski definition) is 0. The topological polar surface area (TPSA) is 37.4 Å². The standard InChI is InChI=1S/C16H15NO2/c1-10(18)16(2)14-12-7-5-4-6-11(12)8-9-13(14)17(3)15(16)19/h4-9H,1-3H3. The lowest BCUT2D eigenvalue weighted by Crippen LogP contribution is -2.41. The van der Waals surface area contributed by atoms with Crippen LogP contribution < -0.4 is 4.90 Å². The smallest absolute Gasteiger partial charge is 0.244 e. The van der Waals surface area contributed by atoms with Crippen LogP contribution in [0.2, 0.25) is 0 Å². The molecule has 0 aliphatic carbocycles. The summed E-state index contributed by atoms with van der Waals surface area (Å²) >= 11 is 0. The molecule has 2 aromatic rings. The van der Waals surface area contributed by atoms with E-state index < -0.39 is 5.41 Å². The minimum atomic E-state index is -1.06. The number of Topliss-reactive ketones (excluding diaryl/α,β-unsaturated/α-hetero) is 1. The fraction of sp³-hybridized carbons (Fsp3) is 0.250. The third-order valence-corrected chi connectivity index (χ3v) is 4.20. The summed E-state index contributed by atoms with van der Waals surface area (Å²) in [7, 11) is 1.73. The molecule has 3 nitrogen and oxygen atoms in total. The second-order valence-corrected chi connectivity index (χ2v) is 5.23. The number of ketones is 1. The lowest BCUT2D eigenvalue weighted by atomic mass is 9.78. The summed E-state index contributed by atoms with van der Waals surface area (Å²) in [5.41, 5.74) is 0.609. The van der Waals surface area contributed by atoms with Crippen LogP contribution in [0.1, 0.15) is 19.4 Å². The Bertz CT molecular complexity index is 720. The Labute approximate surface area is 111 Å². The van der Waals surface area contributed by atoms with Gasteiger partial charge in [0.1, 0.15) is 11.2 Å². The lowest BCUT2D eigenvalue weighted by Gasteiger charge is -2.20. The van der Waals surface area contributed by atoms with Gasteiger partial charge in [0.15, 0.2) is 0 Å². The predicted octanol–water partition coefficient (Wildman–Crippen LogP) is 2.66. The number of fused-ring (bicyclic) bond motifs is 3. The zero-order chi connectivity index (χ0) is 13.8. The van der Waals surface area contributed by atoms with Crippen molar-refractivity contribution in [1.29, 1.82) is 0 Å². The highest BCUT2D eigenvalue weighted by molar-refractivity contribution is 6.24. The first kappa shape index (κ1) is 11.9. The molecule has 1 amide bonds. The summed E-state index contributed by atoms with van der Waals surface area (Å²) in [5.74, 6) is -0.259. The van der Waals surface area contributed by atoms with Crippen molar-refractivity contribution in [3.63, 3.8) is 0 Å². The van der Waals surface area contributed by atoms with Crippen LogP contribution in [-0.2, 0) is 15.0 Å². The Hall–Kier alpha value is -2.16. The Kier molecular flexibility index (Phi) is 2.30. The highest BCUT2D eigenvalue weighted by Gasteiger charge is 2.50.